The molecule has 0 radical (unpaired) electrons. The summed E-state index contributed by atoms with van der Waals surface area (Å²) in [5, 5.41) is 7.53. The summed E-state index contributed by atoms with van der Waals surface area (Å²) in [5.74, 6) is 1.17. The van der Waals surface area contributed by atoms with Crippen LogP contribution in [0.25, 0.3) is 0 Å². The van der Waals surface area contributed by atoms with Crippen molar-refractivity contribution >= 4 is 17.5 Å². The predicted molar refractivity (Wildman–Crippen MR) is 104 cm³/mol. The maximum absolute atomic E-state index is 12.6. The highest BCUT2D eigenvalue weighted by molar-refractivity contribution is 6.30. The van der Waals surface area contributed by atoms with Gasteiger partial charge in [-0.2, -0.15) is 0 Å². The van der Waals surface area contributed by atoms with Gasteiger partial charge in [-0.25, -0.2) is 0 Å². The summed E-state index contributed by atoms with van der Waals surface area (Å²) in [4.78, 5) is 12.6. The van der Waals surface area contributed by atoms with Crippen LogP contribution in [-0.4, -0.2) is 11.1 Å². The summed E-state index contributed by atoms with van der Waals surface area (Å²) in [7, 11) is 0. The highest BCUT2D eigenvalue weighted by Crippen LogP contribution is 2.20. The molecule has 0 aliphatic heterocycles. The molecular formula is C21H21ClN2O3. The van der Waals surface area contributed by atoms with Crippen molar-refractivity contribution in [3.8, 4) is 5.75 Å². The molecule has 1 amide bonds. The molecule has 0 bridgehead atoms. The van der Waals surface area contributed by atoms with E-state index in [1.807, 2.05) is 45.0 Å². The van der Waals surface area contributed by atoms with Crippen LogP contribution in [0.15, 0.2) is 53.1 Å². The van der Waals surface area contributed by atoms with Crippen molar-refractivity contribution in [2.24, 2.45) is 0 Å². The van der Waals surface area contributed by atoms with E-state index >= 15 is 0 Å². The lowest BCUT2D eigenvalue weighted by Crippen LogP contribution is -2.26. The Bertz CT molecular complexity index is 933. The van der Waals surface area contributed by atoms with E-state index < -0.39 is 0 Å². The molecule has 6 heteroatoms. The zero-order valence-corrected chi connectivity index (χ0v) is 16.2. The molecular weight excluding hydrogens is 364 g/mol. The third-order valence-electron chi connectivity index (χ3n) is 4.36. The average Bonchev–Trinajstić information content (AvgIpc) is 2.98. The molecule has 1 heterocycles. The van der Waals surface area contributed by atoms with Crippen molar-refractivity contribution in [1.82, 2.24) is 10.5 Å². The molecule has 0 fully saturated rings. The Morgan fingerprint density at radius 1 is 1.22 bits per heavy atom. The second-order valence-corrected chi connectivity index (χ2v) is 6.81. The topological polar surface area (TPSA) is 64.4 Å². The van der Waals surface area contributed by atoms with Gasteiger partial charge in [0.15, 0.2) is 0 Å². The molecule has 0 spiro atoms. The summed E-state index contributed by atoms with van der Waals surface area (Å²) in [6.45, 7) is 5.97. The number of halogens is 1. The van der Waals surface area contributed by atoms with Crippen LogP contribution in [0, 0.1) is 13.8 Å². The monoisotopic (exact) mass is 384 g/mol. The van der Waals surface area contributed by atoms with E-state index in [0.717, 1.165) is 22.6 Å². The van der Waals surface area contributed by atoms with Gasteiger partial charge in [0.05, 0.1) is 17.3 Å². The number of ether oxygens (including phenoxy) is 1. The Kier molecular flexibility index (Phi) is 5.81. The van der Waals surface area contributed by atoms with Crippen LogP contribution in [0.1, 0.15) is 45.9 Å². The van der Waals surface area contributed by atoms with Gasteiger partial charge in [-0.1, -0.05) is 35.0 Å². The number of carbonyl (C=O) groups excluding carboxylic acids is 1. The van der Waals surface area contributed by atoms with E-state index in [1.165, 1.54) is 0 Å². The second-order valence-electron chi connectivity index (χ2n) is 6.37. The number of hydrogen-bond donors (Lipinski definition) is 1. The molecule has 0 unspecified atom stereocenters. The number of benzene rings is 2. The summed E-state index contributed by atoms with van der Waals surface area (Å²) in [6, 6.07) is 14.4. The van der Waals surface area contributed by atoms with Crippen molar-refractivity contribution in [2.75, 3.05) is 0 Å². The van der Waals surface area contributed by atoms with E-state index in [4.69, 9.17) is 20.9 Å². The zero-order chi connectivity index (χ0) is 19.4. The number of rotatable bonds is 6. The summed E-state index contributed by atoms with van der Waals surface area (Å²) in [5.41, 5.74) is 3.19. The quantitative estimate of drug-likeness (QED) is 0.648. The van der Waals surface area contributed by atoms with Crippen LogP contribution in [0.3, 0.4) is 0 Å². The molecule has 0 saturated heterocycles. The van der Waals surface area contributed by atoms with Crippen molar-refractivity contribution in [1.29, 1.82) is 0 Å². The number of hydrogen-bond acceptors (Lipinski definition) is 4. The van der Waals surface area contributed by atoms with Gasteiger partial charge in [0.2, 0.25) is 0 Å². The molecule has 3 aromatic rings. The second kappa shape index (κ2) is 8.27. The normalized spacial score (nSPS) is 11.9. The SMILES string of the molecule is Cc1noc(C)c1COc1cccc(C(=O)N[C@H](C)c2cccc(Cl)c2)c1. The van der Waals surface area contributed by atoms with Gasteiger partial charge in [-0.15, -0.1) is 0 Å². The Morgan fingerprint density at radius 2 is 2.00 bits per heavy atom. The highest BCUT2D eigenvalue weighted by atomic mass is 35.5. The average molecular weight is 385 g/mol. The lowest BCUT2D eigenvalue weighted by molar-refractivity contribution is 0.0939. The number of carbonyl (C=O) groups is 1. The highest BCUT2D eigenvalue weighted by Gasteiger charge is 2.13. The zero-order valence-electron chi connectivity index (χ0n) is 15.5. The van der Waals surface area contributed by atoms with Crippen molar-refractivity contribution in [3.63, 3.8) is 0 Å². The standard InChI is InChI=1S/C21H21ClN2O3/c1-13(16-6-4-8-18(22)10-16)23-21(25)17-7-5-9-19(11-17)26-12-20-14(2)24-27-15(20)3/h4-11,13H,12H2,1-3H3,(H,23,25)/t13-/m1/s1. The minimum atomic E-state index is -0.176. The lowest BCUT2D eigenvalue weighted by Gasteiger charge is -2.15. The molecule has 5 nitrogen and oxygen atoms in total. The summed E-state index contributed by atoms with van der Waals surface area (Å²) >= 11 is 6.02. The van der Waals surface area contributed by atoms with Crippen LogP contribution in [0.2, 0.25) is 5.02 Å². The van der Waals surface area contributed by atoms with Crippen LogP contribution in [-0.2, 0) is 6.61 Å². The molecule has 1 N–H and O–H groups in total. The van der Waals surface area contributed by atoms with Crippen molar-refractivity contribution < 1.29 is 14.1 Å². The molecule has 140 valence electrons. The van der Waals surface area contributed by atoms with E-state index in [1.54, 1.807) is 24.3 Å². The third kappa shape index (κ3) is 4.68. The third-order valence-corrected chi connectivity index (χ3v) is 4.59. The summed E-state index contributed by atoms with van der Waals surface area (Å²) < 4.78 is 10.9. The number of amides is 1. The summed E-state index contributed by atoms with van der Waals surface area (Å²) in [6.07, 6.45) is 0. The molecule has 27 heavy (non-hydrogen) atoms. The first kappa shape index (κ1) is 19.0. The molecule has 0 aliphatic carbocycles. The van der Waals surface area contributed by atoms with E-state index in [-0.39, 0.29) is 11.9 Å². The predicted octanol–water partition coefficient (Wildman–Crippen LogP) is 5.01. The van der Waals surface area contributed by atoms with E-state index in [0.29, 0.717) is 22.9 Å². The van der Waals surface area contributed by atoms with Crippen LogP contribution in [0.5, 0.6) is 5.75 Å². The Hall–Kier alpha value is -2.79. The minimum Gasteiger partial charge on any atom is -0.489 e. The van der Waals surface area contributed by atoms with Gasteiger partial charge in [0.25, 0.3) is 5.91 Å². The number of aryl methyl sites for hydroxylation is 2. The fourth-order valence-corrected chi connectivity index (χ4v) is 2.93. The minimum absolute atomic E-state index is 0.164. The van der Waals surface area contributed by atoms with Gasteiger partial charge in [0, 0.05) is 10.6 Å². The molecule has 3 rings (SSSR count). The molecule has 2 aromatic carbocycles. The smallest absolute Gasteiger partial charge is 0.251 e. The van der Waals surface area contributed by atoms with E-state index in [2.05, 4.69) is 10.5 Å². The maximum Gasteiger partial charge on any atom is 0.251 e. The van der Waals surface area contributed by atoms with Gasteiger partial charge in [0.1, 0.15) is 18.1 Å². The first-order chi connectivity index (χ1) is 12.9. The van der Waals surface area contributed by atoms with Gasteiger partial charge in [-0.3, -0.25) is 4.79 Å². The molecule has 0 saturated carbocycles. The molecule has 1 aromatic heterocycles. The first-order valence-corrected chi connectivity index (χ1v) is 9.03. The number of nitrogens with zero attached hydrogens (tertiary/aromatic N) is 1. The van der Waals surface area contributed by atoms with E-state index in [9.17, 15) is 4.79 Å². The Labute approximate surface area is 163 Å². The van der Waals surface area contributed by atoms with Crippen LogP contribution in [0.4, 0.5) is 0 Å². The first-order valence-electron chi connectivity index (χ1n) is 8.65. The van der Waals surface area contributed by atoms with Gasteiger partial charge in [-0.05, 0) is 56.7 Å². The Balaban J connectivity index is 1.66. The fourth-order valence-electron chi connectivity index (χ4n) is 2.73. The fraction of sp³-hybridized carbons (Fsp3) is 0.238. The Morgan fingerprint density at radius 3 is 2.70 bits per heavy atom. The van der Waals surface area contributed by atoms with Crippen molar-refractivity contribution in [3.05, 3.63) is 81.7 Å². The van der Waals surface area contributed by atoms with Crippen molar-refractivity contribution in [2.45, 2.75) is 33.4 Å². The number of aromatic nitrogens is 1. The maximum atomic E-state index is 12.6. The lowest BCUT2D eigenvalue weighted by atomic mass is 10.1. The van der Waals surface area contributed by atoms with Gasteiger partial charge < -0.3 is 14.6 Å². The largest absolute Gasteiger partial charge is 0.489 e. The van der Waals surface area contributed by atoms with Gasteiger partial charge >= 0.3 is 0 Å². The molecule has 1 atom stereocenters. The van der Waals surface area contributed by atoms with Crippen LogP contribution < -0.4 is 10.1 Å². The van der Waals surface area contributed by atoms with Crippen LogP contribution >= 0.6 is 11.6 Å². The number of nitrogens with one attached hydrogen (secondary N) is 1. The molecule has 0 aliphatic rings.